The number of carbonyl (C=O) groups excluding carboxylic acids is 2. The lowest BCUT2D eigenvalue weighted by molar-refractivity contribution is -0.121. The highest BCUT2D eigenvalue weighted by atomic mass is 16.4. The summed E-state index contributed by atoms with van der Waals surface area (Å²) in [5, 5.41) is 15.7. The van der Waals surface area contributed by atoms with Gasteiger partial charge in [-0.2, -0.15) is 5.10 Å². The van der Waals surface area contributed by atoms with Crippen LogP contribution < -0.4 is 10.2 Å². The minimum absolute atomic E-state index is 0.00528. The summed E-state index contributed by atoms with van der Waals surface area (Å²) in [5.74, 6) is -1.11. The van der Waals surface area contributed by atoms with E-state index in [2.05, 4.69) is 15.4 Å². The minimum Gasteiger partial charge on any atom is -0.478 e. The molecule has 2 aromatic heterocycles. The highest BCUT2D eigenvalue weighted by Gasteiger charge is 2.32. The van der Waals surface area contributed by atoms with Crippen molar-refractivity contribution in [1.82, 2.24) is 20.1 Å². The molecule has 2 N–H and O–H groups in total. The molecule has 0 spiro atoms. The topological polar surface area (TPSA) is 117 Å². The smallest absolute Gasteiger partial charge is 0.337 e. The first kappa shape index (κ1) is 17.6. The number of hydrogen-bond acceptors (Lipinski definition) is 5. The number of aryl methyl sites for hydroxylation is 1. The molecule has 1 aliphatic rings. The van der Waals surface area contributed by atoms with Gasteiger partial charge in [-0.05, 0) is 31.9 Å². The van der Waals surface area contributed by atoms with Crippen LogP contribution in [0.25, 0.3) is 0 Å². The van der Waals surface area contributed by atoms with Crippen LogP contribution in [0.15, 0.2) is 30.6 Å². The molecule has 0 radical (unpaired) electrons. The zero-order valence-electron chi connectivity index (χ0n) is 14.3. The van der Waals surface area contributed by atoms with Crippen LogP contribution in [0.4, 0.5) is 5.82 Å². The van der Waals surface area contributed by atoms with E-state index >= 15 is 0 Å². The summed E-state index contributed by atoms with van der Waals surface area (Å²) >= 11 is 0. The van der Waals surface area contributed by atoms with Gasteiger partial charge in [-0.25, -0.2) is 9.48 Å². The number of rotatable bonds is 5. The predicted octanol–water partition coefficient (Wildman–Crippen LogP) is 0.922. The summed E-state index contributed by atoms with van der Waals surface area (Å²) in [6, 6.07) is 3.75. The molecule has 1 unspecified atom stereocenters. The van der Waals surface area contributed by atoms with Gasteiger partial charge >= 0.3 is 5.97 Å². The van der Waals surface area contributed by atoms with Crippen molar-refractivity contribution in [2.45, 2.75) is 32.4 Å². The molecule has 3 rings (SSSR count). The Bertz CT molecular complexity index is 830. The van der Waals surface area contributed by atoms with E-state index in [0.717, 1.165) is 12.6 Å². The van der Waals surface area contributed by atoms with Gasteiger partial charge < -0.3 is 10.4 Å². The lowest BCUT2D eigenvalue weighted by atomic mass is 10.0. The number of nitrogens with zero attached hydrogens (tertiary/aromatic N) is 4. The second kappa shape index (κ2) is 7.34. The second-order valence-electron chi connectivity index (χ2n) is 5.90. The number of piperidine rings is 1. The Morgan fingerprint density at radius 1 is 1.35 bits per heavy atom. The van der Waals surface area contributed by atoms with Gasteiger partial charge in [0.25, 0.3) is 11.8 Å². The summed E-state index contributed by atoms with van der Waals surface area (Å²) in [4.78, 5) is 41.5. The van der Waals surface area contributed by atoms with Gasteiger partial charge in [-0.3, -0.25) is 19.5 Å². The van der Waals surface area contributed by atoms with E-state index in [4.69, 9.17) is 5.11 Å². The number of carboxylic acid groups (broad SMARTS) is 1. The van der Waals surface area contributed by atoms with Crippen LogP contribution in [0.3, 0.4) is 0 Å². The fraction of sp³-hybridized carbons (Fsp3) is 0.353. The van der Waals surface area contributed by atoms with Crippen molar-refractivity contribution >= 4 is 23.6 Å². The molecule has 9 nitrogen and oxygen atoms in total. The van der Waals surface area contributed by atoms with E-state index in [1.54, 1.807) is 21.8 Å². The van der Waals surface area contributed by atoms with Gasteiger partial charge in [0.1, 0.15) is 17.6 Å². The first-order valence-corrected chi connectivity index (χ1v) is 8.34. The maximum atomic E-state index is 12.8. The Hall–Kier alpha value is -3.23. The number of amides is 2. The monoisotopic (exact) mass is 357 g/mol. The molecule has 1 fully saturated rings. The van der Waals surface area contributed by atoms with Crippen molar-refractivity contribution in [3.63, 3.8) is 0 Å². The molecule has 1 saturated heterocycles. The minimum atomic E-state index is -1.12. The Morgan fingerprint density at radius 3 is 2.81 bits per heavy atom. The van der Waals surface area contributed by atoms with Gasteiger partial charge in [-0.15, -0.1) is 0 Å². The number of carbonyl (C=O) groups is 3. The standard InChI is InChI=1S/C17H19N5O4/c1-2-22-14(7-8-19-22)21-9-3-4-13(16(21)24)20-15(23)12-6-5-11(10-18-12)17(25)26/h5-8,10,13H,2-4,9H2,1H3,(H,20,23)(H,25,26). The molecule has 9 heteroatoms. The molecule has 1 aliphatic heterocycles. The van der Waals surface area contributed by atoms with E-state index < -0.39 is 17.9 Å². The first-order valence-electron chi connectivity index (χ1n) is 8.34. The third-order valence-corrected chi connectivity index (χ3v) is 4.26. The van der Waals surface area contributed by atoms with Crippen LogP contribution in [0.5, 0.6) is 0 Å². The summed E-state index contributed by atoms with van der Waals surface area (Å²) in [7, 11) is 0. The molecular weight excluding hydrogens is 338 g/mol. The summed E-state index contributed by atoms with van der Waals surface area (Å²) in [6.07, 6.45) is 4.04. The fourth-order valence-electron chi connectivity index (χ4n) is 2.92. The third-order valence-electron chi connectivity index (χ3n) is 4.26. The normalized spacial score (nSPS) is 17.2. The SMILES string of the molecule is CCn1nccc1N1CCCC(NC(=O)c2ccc(C(=O)O)cn2)C1=O. The molecule has 0 aromatic carbocycles. The zero-order chi connectivity index (χ0) is 18.7. The molecular formula is C17H19N5O4. The van der Waals surface area contributed by atoms with Gasteiger partial charge in [-0.1, -0.05) is 0 Å². The maximum absolute atomic E-state index is 12.8. The second-order valence-corrected chi connectivity index (χ2v) is 5.90. The van der Waals surface area contributed by atoms with Crippen molar-refractivity contribution in [1.29, 1.82) is 0 Å². The maximum Gasteiger partial charge on any atom is 0.337 e. The van der Waals surface area contributed by atoms with Crippen LogP contribution in [-0.4, -0.2) is 50.2 Å². The molecule has 26 heavy (non-hydrogen) atoms. The highest BCUT2D eigenvalue weighted by molar-refractivity contribution is 6.02. The fourth-order valence-corrected chi connectivity index (χ4v) is 2.92. The quantitative estimate of drug-likeness (QED) is 0.822. The number of nitrogens with one attached hydrogen (secondary N) is 1. The van der Waals surface area contributed by atoms with Crippen molar-refractivity contribution in [3.8, 4) is 0 Å². The number of hydrogen-bond donors (Lipinski definition) is 2. The van der Waals surface area contributed by atoms with E-state index in [0.29, 0.717) is 25.3 Å². The third kappa shape index (κ3) is 3.41. The average molecular weight is 357 g/mol. The van der Waals surface area contributed by atoms with Crippen LogP contribution in [-0.2, 0) is 11.3 Å². The zero-order valence-corrected chi connectivity index (χ0v) is 14.3. The van der Waals surface area contributed by atoms with Gasteiger partial charge in [0.05, 0.1) is 11.8 Å². The predicted molar refractivity (Wildman–Crippen MR) is 91.9 cm³/mol. The van der Waals surface area contributed by atoms with Gasteiger partial charge in [0, 0.05) is 25.4 Å². The van der Waals surface area contributed by atoms with Gasteiger partial charge in [0.15, 0.2) is 0 Å². The summed E-state index contributed by atoms with van der Waals surface area (Å²) < 4.78 is 1.73. The van der Waals surface area contributed by atoms with Crippen LogP contribution >= 0.6 is 0 Å². The Morgan fingerprint density at radius 2 is 2.15 bits per heavy atom. The molecule has 0 saturated carbocycles. The van der Waals surface area contributed by atoms with E-state index in [-0.39, 0.29) is 17.2 Å². The van der Waals surface area contributed by atoms with Crippen molar-refractivity contribution in [2.75, 3.05) is 11.4 Å². The molecule has 2 aromatic rings. The molecule has 136 valence electrons. The summed E-state index contributed by atoms with van der Waals surface area (Å²) in [5.41, 5.74) is 0.0628. The largest absolute Gasteiger partial charge is 0.478 e. The Kier molecular flexibility index (Phi) is 4.97. The van der Waals surface area contributed by atoms with Crippen LogP contribution in [0.1, 0.15) is 40.6 Å². The average Bonchev–Trinajstić information content (AvgIpc) is 3.12. The van der Waals surface area contributed by atoms with Gasteiger partial charge in [0.2, 0.25) is 0 Å². The molecule has 2 amide bonds. The van der Waals surface area contributed by atoms with Crippen LogP contribution in [0.2, 0.25) is 0 Å². The number of aromatic carboxylic acids is 1. The Labute approximate surface area is 149 Å². The molecule has 0 aliphatic carbocycles. The van der Waals surface area contributed by atoms with E-state index in [1.165, 1.54) is 12.1 Å². The van der Waals surface area contributed by atoms with Crippen LogP contribution in [0, 0.1) is 0 Å². The number of aromatic nitrogens is 3. The van der Waals surface area contributed by atoms with Crippen molar-refractivity contribution < 1.29 is 19.5 Å². The van der Waals surface area contributed by atoms with Crippen molar-refractivity contribution in [2.24, 2.45) is 0 Å². The lowest BCUT2D eigenvalue weighted by Gasteiger charge is -2.32. The number of carboxylic acids is 1. The molecule has 3 heterocycles. The molecule has 1 atom stereocenters. The van der Waals surface area contributed by atoms with E-state index in [9.17, 15) is 14.4 Å². The first-order chi connectivity index (χ1) is 12.5. The van der Waals surface area contributed by atoms with E-state index in [1.807, 2.05) is 6.92 Å². The lowest BCUT2D eigenvalue weighted by Crippen LogP contribution is -2.53. The molecule has 0 bridgehead atoms. The summed E-state index contributed by atoms with van der Waals surface area (Å²) in [6.45, 7) is 3.15. The van der Waals surface area contributed by atoms with Crippen molar-refractivity contribution in [3.05, 3.63) is 41.9 Å². The number of pyridine rings is 1. The number of anilines is 1. The highest BCUT2D eigenvalue weighted by Crippen LogP contribution is 2.21. The Balaban J connectivity index is 1.72.